The first kappa shape index (κ1) is 19.0. The van der Waals surface area contributed by atoms with E-state index in [1.165, 1.54) is 0 Å². The standard InChI is InChI=1S/C22H24N4O3/c1-22(2,3)29-21(28)26-12-11-18-17(13-26)19(25-24-18)23-20(27)16-10-6-8-14-7-4-5-9-15(14)16/h4-10H,11-13H2,1-3H3,(H2,23,24,25,27). The third kappa shape index (κ3) is 3.94. The molecule has 0 atom stereocenters. The van der Waals surface area contributed by atoms with Crippen LogP contribution in [-0.2, 0) is 17.7 Å². The summed E-state index contributed by atoms with van der Waals surface area (Å²) in [4.78, 5) is 27.0. The summed E-state index contributed by atoms with van der Waals surface area (Å²) in [6.45, 7) is 6.41. The zero-order valence-electron chi connectivity index (χ0n) is 16.8. The normalized spacial score (nSPS) is 13.8. The maximum atomic E-state index is 12.9. The lowest BCUT2D eigenvalue weighted by Gasteiger charge is -2.30. The van der Waals surface area contributed by atoms with Crippen molar-refractivity contribution in [2.75, 3.05) is 11.9 Å². The second kappa shape index (κ2) is 7.24. The van der Waals surface area contributed by atoms with Crippen LogP contribution in [0.1, 0.15) is 42.4 Å². The lowest BCUT2D eigenvalue weighted by Crippen LogP contribution is -2.40. The number of hydrogen-bond acceptors (Lipinski definition) is 4. The van der Waals surface area contributed by atoms with Gasteiger partial charge in [0.05, 0.1) is 6.54 Å². The van der Waals surface area contributed by atoms with Crippen molar-refractivity contribution in [1.82, 2.24) is 15.1 Å². The van der Waals surface area contributed by atoms with Crippen molar-refractivity contribution >= 4 is 28.6 Å². The van der Waals surface area contributed by atoms with E-state index in [0.717, 1.165) is 22.0 Å². The number of carbonyl (C=O) groups excluding carboxylic acids is 2. The molecule has 0 aliphatic carbocycles. The second-order valence-corrected chi connectivity index (χ2v) is 8.16. The van der Waals surface area contributed by atoms with Gasteiger partial charge >= 0.3 is 6.09 Å². The maximum absolute atomic E-state index is 12.9. The molecule has 0 spiro atoms. The molecule has 2 aromatic carbocycles. The minimum Gasteiger partial charge on any atom is -0.444 e. The van der Waals surface area contributed by atoms with Gasteiger partial charge in [-0.05, 0) is 37.6 Å². The van der Waals surface area contributed by atoms with E-state index in [4.69, 9.17) is 4.74 Å². The average Bonchev–Trinajstić information content (AvgIpc) is 3.08. The Morgan fingerprint density at radius 1 is 1.14 bits per heavy atom. The van der Waals surface area contributed by atoms with Gasteiger partial charge < -0.3 is 15.0 Å². The number of ether oxygens (including phenoxy) is 1. The number of hydrogen-bond donors (Lipinski definition) is 2. The highest BCUT2D eigenvalue weighted by Gasteiger charge is 2.29. The molecule has 2 heterocycles. The molecule has 1 aromatic heterocycles. The van der Waals surface area contributed by atoms with Crippen molar-refractivity contribution in [3.63, 3.8) is 0 Å². The van der Waals surface area contributed by atoms with Gasteiger partial charge in [0.1, 0.15) is 5.60 Å². The molecule has 1 aliphatic rings. The highest BCUT2D eigenvalue weighted by molar-refractivity contribution is 6.12. The van der Waals surface area contributed by atoms with E-state index >= 15 is 0 Å². The Morgan fingerprint density at radius 3 is 2.69 bits per heavy atom. The number of carbonyl (C=O) groups is 2. The molecule has 1 aliphatic heterocycles. The highest BCUT2D eigenvalue weighted by atomic mass is 16.6. The lowest BCUT2D eigenvalue weighted by atomic mass is 10.0. The minimum absolute atomic E-state index is 0.231. The van der Waals surface area contributed by atoms with E-state index in [1.54, 1.807) is 11.0 Å². The van der Waals surface area contributed by atoms with E-state index in [-0.39, 0.29) is 12.0 Å². The largest absolute Gasteiger partial charge is 0.444 e. The van der Waals surface area contributed by atoms with Gasteiger partial charge in [-0.15, -0.1) is 0 Å². The molecule has 7 heteroatoms. The number of rotatable bonds is 2. The number of benzene rings is 2. The zero-order valence-corrected chi connectivity index (χ0v) is 16.8. The fourth-order valence-electron chi connectivity index (χ4n) is 3.48. The van der Waals surface area contributed by atoms with Crippen LogP contribution in [0.15, 0.2) is 42.5 Å². The van der Waals surface area contributed by atoms with Crippen molar-refractivity contribution in [2.24, 2.45) is 0 Å². The van der Waals surface area contributed by atoms with Crippen molar-refractivity contribution < 1.29 is 14.3 Å². The van der Waals surface area contributed by atoms with Crippen LogP contribution in [0.4, 0.5) is 10.6 Å². The van der Waals surface area contributed by atoms with E-state index in [9.17, 15) is 9.59 Å². The first-order valence-electron chi connectivity index (χ1n) is 9.65. The third-order valence-corrected chi connectivity index (χ3v) is 4.85. The summed E-state index contributed by atoms with van der Waals surface area (Å²) >= 11 is 0. The summed E-state index contributed by atoms with van der Waals surface area (Å²) < 4.78 is 5.48. The van der Waals surface area contributed by atoms with E-state index < -0.39 is 5.60 Å². The summed E-state index contributed by atoms with van der Waals surface area (Å²) in [5.74, 6) is 0.219. The van der Waals surface area contributed by atoms with Crippen LogP contribution in [0.2, 0.25) is 0 Å². The molecule has 2 N–H and O–H groups in total. The molecule has 0 fully saturated rings. The van der Waals surface area contributed by atoms with Crippen LogP contribution in [-0.4, -0.2) is 39.2 Å². The van der Waals surface area contributed by atoms with Gasteiger partial charge in [-0.1, -0.05) is 36.4 Å². The molecular formula is C22H24N4O3. The molecule has 0 saturated carbocycles. The number of aromatic amines is 1. The molecule has 7 nitrogen and oxygen atoms in total. The number of H-pyrrole nitrogens is 1. The first-order valence-corrected chi connectivity index (χ1v) is 9.65. The Hall–Kier alpha value is -3.35. The van der Waals surface area contributed by atoms with Crippen LogP contribution in [0.5, 0.6) is 0 Å². The minimum atomic E-state index is -0.556. The second-order valence-electron chi connectivity index (χ2n) is 8.16. The summed E-state index contributed by atoms with van der Waals surface area (Å²) in [5, 5.41) is 12.0. The molecule has 2 amide bonds. The fraction of sp³-hybridized carbons (Fsp3) is 0.318. The van der Waals surface area contributed by atoms with Gasteiger partial charge in [0.15, 0.2) is 5.82 Å². The van der Waals surface area contributed by atoms with Crippen LogP contribution in [0.3, 0.4) is 0 Å². The molecule has 0 unspecified atom stereocenters. The lowest BCUT2D eigenvalue weighted by molar-refractivity contribution is 0.0224. The van der Waals surface area contributed by atoms with Gasteiger partial charge in [-0.25, -0.2) is 4.79 Å². The first-order chi connectivity index (χ1) is 13.8. The van der Waals surface area contributed by atoms with Crippen LogP contribution in [0, 0.1) is 0 Å². The summed E-state index contributed by atoms with van der Waals surface area (Å²) in [5.41, 5.74) is 1.77. The predicted molar refractivity (Wildman–Crippen MR) is 111 cm³/mol. The van der Waals surface area contributed by atoms with E-state index in [1.807, 2.05) is 57.2 Å². The fourth-order valence-corrected chi connectivity index (χ4v) is 3.48. The van der Waals surface area contributed by atoms with E-state index in [2.05, 4.69) is 15.5 Å². The molecular weight excluding hydrogens is 368 g/mol. The van der Waals surface area contributed by atoms with E-state index in [0.29, 0.717) is 30.9 Å². The number of nitrogens with zero attached hydrogens (tertiary/aromatic N) is 2. The van der Waals surface area contributed by atoms with Gasteiger partial charge in [0.2, 0.25) is 0 Å². The quantitative estimate of drug-likeness (QED) is 0.687. The van der Waals surface area contributed by atoms with Gasteiger partial charge in [-0.3, -0.25) is 9.89 Å². The number of amides is 2. The van der Waals surface area contributed by atoms with Gasteiger partial charge in [0.25, 0.3) is 5.91 Å². The zero-order chi connectivity index (χ0) is 20.6. The summed E-state index contributed by atoms with van der Waals surface area (Å²) in [7, 11) is 0. The third-order valence-electron chi connectivity index (χ3n) is 4.85. The van der Waals surface area contributed by atoms with Gasteiger partial charge in [0, 0.05) is 29.8 Å². The monoisotopic (exact) mass is 392 g/mol. The molecule has 0 saturated heterocycles. The van der Waals surface area contributed by atoms with Crippen molar-refractivity contribution in [3.05, 3.63) is 59.3 Å². The molecule has 0 bridgehead atoms. The van der Waals surface area contributed by atoms with Gasteiger partial charge in [-0.2, -0.15) is 5.10 Å². The summed E-state index contributed by atoms with van der Waals surface area (Å²) in [6, 6.07) is 13.4. The number of fused-ring (bicyclic) bond motifs is 2. The summed E-state index contributed by atoms with van der Waals surface area (Å²) in [6.07, 6.45) is 0.266. The number of anilines is 1. The van der Waals surface area contributed by atoms with Crippen molar-refractivity contribution in [2.45, 2.75) is 39.3 Å². The van der Waals surface area contributed by atoms with Crippen molar-refractivity contribution in [3.8, 4) is 0 Å². The Labute approximate surface area is 169 Å². The SMILES string of the molecule is CC(C)(C)OC(=O)N1CCc2[nH]nc(NC(=O)c3cccc4ccccc34)c2C1. The number of aromatic nitrogens is 2. The molecule has 3 aromatic rings. The Kier molecular flexibility index (Phi) is 4.74. The topological polar surface area (TPSA) is 87.3 Å². The highest BCUT2D eigenvalue weighted by Crippen LogP contribution is 2.26. The van der Waals surface area contributed by atoms with Crippen LogP contribution < -0.4 is 5.32 Å². The molecule has 29 heavy (non-hydrogen) atoms. The van der Waals surface area contributed by atoms with Crippen molar-refractivity contribution in [1.29, 1.82) is 0 Å². The molecule has 0 radical (unpaired) electrons. The maximum Gasteiger partial charge on any atom is 0.410 e. The Morgan fingerprint density at radius 2 is 1.90 bits per heavy atom. The Bertz CT molecular complexity index is 1080. The number of nitrogens with one attached hydrogen (secondary N) is 2. The smallest absolute Gasteiger partial charge is 0.410 e. The van der Waals surface area contributed by atoms with Crippen LogP contribution >= 0.6 is 0 Å². The predicted octanol–water partition coefficient (Wildman–Crippen LogP) is 4.11. The molecule has 4 rings (SSSR count). The Balaban J connectivity index is 1.55. The average molecular weight is 392 g/mol. The molecule has 150 valence electrons. The van der Waals surface area contributed by atoms with Crippen LogP contribution in [0.25, 0.3) is 10.8 Å².